The van der Waals surface area contributed by atoms with Gasteiger partial charge in [-0.05, 0) is 19.9 Å². The Kier molecular flexibility index (Phi) is 4.68. The molecule has 16 heavy (non-hydrogen) atoms. The van der Waals surface area contributed by atoms with E-state index in [0.29, 0.717) is 0 Å². The zero-order valence-electron chi connectivity index (χ0n) is 9.56. The molecule has 1 aromatic carbocycles. The highest BCUT2D eigenvalue weighted by Crippen LogP contribution is 2.27. The van der Waals surface area contributed by atoms with E-state index in [9.17, 15) is 13.9 Å². The first-order valence-corrected chi connectivity index (χ1v) is 5.47. The standard InChI is InChI=1S/C12H17F2NO/c1-3-4-5-15-8(2)12-10(14)6-9(13)7-11(12)16/h6-8,15-16H,3-5H2,1-2H3. The number of hydrogen-bond donors (Lipinski definition) is 2. The van der Waals surface area contributed by atoms with Crippen molar-refractivity contribution in [2.45, 2.75) is 32.7 Å². The Morgan fingerprint density at radius 2 is 2.06 bits per heavy atom. The first-order chi connectivity index (χ1) is 7.56. The van der Waals surface area contributed by atoms with Crippen molar-refractivity contribution in [3.8, 4) is 5.75 Å². The second kappa shape index (κ2) is 5.80. The number of halogens is 2. The third-order valence-corrected chi connectivity index (χ3v) is 2.49. The first kappa shape index (κ1) is 12.9. The lowest BCUT2D eigenvalue weighted by atomic mass is 10.1. The second-order valence-corrected chi connectivity index (χ2v) is 3.85. The van der Waals surface area contributed by atoms with E-state index in [-0.39, 0.29) is 17.4 Å². The molecular formula is C12H17F2NO. The number of phenols is 1. The van der Waals surface area contributed by atoms with Gasteiger partial charge in [0, 0.05) is 23.7 Å². The van der Waals surface area contributed by atoms with Crippen LogP contribution in [0.3, 0.4) is 0 Å². The molecule has 0 aromatic heterocycles. The zero-order valence-corrected chi connectivity index (χ0v) is 9.56. The predicted molar refractivity (Wildman–Crippen MR) is 59.3 cm³/mol. The minimum Gasteiger partial charge on any atom is -0.507 e. The van der Waals surface area contributed by atoms with Crippen molar-refractivity contribution in [2.24, 2.45) is 0 Å². The van der Waals surface area contributed by atoms with Crippen LogP contribution in [-0.4, -0.2) is 11.7 Å². The molecule has 0 aliphatic heterocycles. The minimum absolute atomic E-state index is 0.123. The number of phenolic OH excluding ortho intramolecular Hbond substituents is 1. The Labute approximate surface area is 94.3 Å². The maximum Gasteiger partial charge on any atom is 0.134 e. The van der Waals surface area contributed by atoms with Gasteiger partial charge in [-0.25, -0.2) is 8.78 Å². The van der Waals surface area contributed by atoms with E-state index in [2.05, 4.69) is 12.2 Å². The highest BCUT2D eigenvalue weighted by molar-refractivity contribution is 5.36. The summed E-state index contributed by atoms with van der Waals surface area (Å²) >= 11 is 0. The van der Waals surface area contributed by atoms with Crippen molar-refractivity contribution in [1.29, 1.82) is 0 Å². The molecule has 0 fully saturated rings. The van der Waals surface area contributed by atoms with E-state index < -0.39 is 11.6 Å². The third-order valence-electron chi connectivity index (χ3n) is 2.49. The van der Waals surface area contributed by atoms with E-state index in [0.717, 1.165) is 31.5 Å². The highest BCUT2D eigenvalue weighted by Gasteiger charge is 2.16. The number of hydrogen-bond acceptors (Lipinski definition) is 2. The molecule has 1 unspecified atom stereocenters. The highest BCUT2D eigenvalue weighted by atomic mass is 19.1. The van der Waals surface area contributed by atoms with Crippen LogP contribution in [0.4, 0.5) is 8.78 Å². The molecule has 0 bridgehead atoms. The molecule has 1 aromatic rings. The van der Waals surface area contributed by atoms with Gasteiger partial charge in [-0.3, -0.25) is 0 Å². The third kappa shape index (κ3) is 3.17. The molecule has 90 valence electrons. The van der Waals surface area contributed by atoms with Crippen LogP contribution >= 0.6 is 0 Å². The maximum atomic E-state index is 13.4. The van der Waals surface area contributed by atoms with Crippen LogP contribution in [0.2, 0.25) is 0 Å². The molecule has 0 amide bonds. The van der Waals surface area contributed by atoms with Crippen LogP contribution in [0.1, 0.15) is 38.3 Å². The van der Waals surface area contributed by atoms with Gasteiger partial charge >= 0.3 is 0 Å². The summed E-state index contributed by atoms with van der Waals surface area (Å²) < 4.78 is 26.2. The van der Waals surface area contributed by atoms with Crippen LogP contribution in [0.25, 0.3) is 0 Å². The average molecular weight is 229 g/mol. The van der Waals surface area contributed by atoms with E-state index in [1.807, 2.05) is 0 Å². The lowest BCUT2D eigenvalue weighted by molar-refractivity contribution is 0.428. The van der Waals surface area contributed by atoms with Gasteiger partial charge in [0.25, 0.3) is 0 Å². The van der Waals surface area contributed by atoms with Gasteiger partial charge in [-0.1, -0.05) is 13.3 Å². The van der Waals surface area contributed by atoms with Crippen molar-refractivity contribution < 1.29 is 13.9 Å². The molecule has 0 heterocycles. The summed E-state index contributed by atoms with van der Waals surface area (Å²) in [5.41, 5.74) is 0.123. The van der Waals surface area contributed by atoms with Crippen LogP contribution in [0.5, 0.6) is 5.75 Å². The fraction of sp³-hybridized carbons (Fsp3) is 0.500. The molecule has 2 N–H and O–H groups in total. The number of unbranched alkanes of at least 4 members (excludes halogenated alkanes) is 1. The van der Waals surface area contributed by atoms with Crippen LogP contribution in [0, 0.1) is 11.6 Å². The molecule has 4 heteroatoms. The predicted octanol–water partition coefficient (Wildman–Crippen LogP) is 3.12. The largest absolute Gasteiger partial charge is 0.507 e. The monoisotopic (exact) mass is 229 g/mol. The maximum absolute atomic E-state index is 13.4. The van der Waals surface area contributed by atoms with Gasteiger partial charge in [0.15, 0.2) is 0 Å². The smallest absolute Gasteiger partial charge is 0.134 e. The summed E-state index contributed by atoms with van der Waals surface area (Å²) in [7, 11) is 0. The van der Waals surface area contributed by atoms with Crippen LogP contribution in [0.15, 0.2) is 12.1 Å². The minimum atomic E-state index is -0.764. The van der Waals surface area contributed by atoms with E-state index in [4.69, 9.17) is 0 Å². The van der Waals surface area contributed by atoms with Crippen LogP contribution < -0.4 is 5.32 Å². The van der Waals surface area contributed by atoms with Crippen molar-refractivity contribution in [1.82, 2.24) is 5.32 Å². The van der Waals surface area contributed by atoms with Gasteiger partial charge in [0.1, 0.15) is 17.4 Å². The van der Waals surface area contributed by atoms with Crippen molar-refractivity contribution in [2.75, 3.05) is 6.54 Å². The van der Waals surface area contributed by atoms with E-state index in [1.165, 1.54) is 0 Å². The summed E-state index contributed by atoms with van der Waals surface area (Å²) in [5.74, 6) is -1.82. The van der Waals surface area contributed by atoms with E-state index in [1.54, 1.807) is 6.92 Å². The summed E-state index contributed by atoms with van der Waals surface area (Å²) in [5, 5.41) is 12.6. The summed E-state index contributed by atoms with van der Waals surface area (Å²) in [6.45, 7) is 4.54. The SMILES string of the molecule is CCCCNC(C)c1c(O)cc(F)cc1F. The number of benzene rings is 1. The quantitative estimate of drug-likeness (QED) is 0.760. The Morgan fingerprint density at radius 1 is 1.38 bits per heavy atom. The summed E-state index contributed by atoms with van der Waals surface area (Å²) in [4.78, 5) is 0. The lowest BCUT2D eigenvalue weighted by Crippen LogP contribution is -2.20. The fourth-order valence-corrected chi connectivity index (χ4v) is 1.60. The van der Waals surface area contributed by atoms with Crippen molar-refractivity contribution in [3.05, 3.63) is 29.3 Å². The Balaban J connectivity index is 2.78. The van der Waals surface area contributed by atoms with Crippen molar-refractivity contribution >= 4 is 0 Å². The molecule has 1 atom stereocenters. The Morgan fingerprint density at radius 3 is 2.62 bits per heavy atom. The van der Waals surface area contributed by atoms with Gasteiger partial charge < -0.3 is 10.4 Å². The summed E-state index contributed by atoms with van der Waals surface area (Å²) in [6, 6.07) is 1.39. The molecule has 0 aliphatic rings. The summed E-state index contributed by atoms with van der Waals surface area (Å²) in [6.07, 6.45) is 2.02. The van der Waals surface area contributed by atoms with E-state index >= 15 is 0 Å². The van der Waals surface area contributed by atoms with Gasteiger partial charge in [0.05, 0.1) is 0 Å². The van der Waals surface area contributed by atoms with Crippen molar-refractivity contribution in [3.63, 3.8) is 0 Å². The lowest BCUT2D eigenvalue weighted by Gasteiger charge is -2.16. The number of aromatic hydroxyl groups is 1. The molecule has 2 nitrogen and oxygen atoms in total. The molecule has 0 spiro atoms. The zero-order chi connectivity index (χ0) is 12.1. The molecular weight excluding hydrogens is 212 g/mol. The molecule has 0 saturated heterocycles. The Bertz CT molecular complexity index is 332. The fourth-order valence-electron chi connectivity index (χ4n) is 1.60. The second-order valence-electron chi connectivity index (χ2n) is 3.85. The average Bonchev–Trinajstić information content (AvgIpc) is 2.16. The van der Waals surface area contributed by atoms with Crippen LogP contribution in [-0.2, 0) is 0 Å². The number of nitrogens with one attached hydrogen (secondary N) is 1. The molecule has 0 saturated carbocycles. The molecule has 1 rings (SSSR count). The van der Waals surface area contributed by atoms with Gasteiger partial charge in [0.2, 0.25) is 0 Å². The topological polar surface area (TPSA) is 32.3 Å². The van der Waals surface area contributed by atoms with Gasteiger partial charge in [-0.15, -0.1) is 0 Å². The number of rotatable bonds is 5. The Hall–Kier alpha value is -1.16. The first-order valence-electron chi connectivity index (χ1n) is 5.47. The molecule has 0 radical (unpaired) electrons. The molecule has 0 aliphatic carbocycles. The normalized spacial score (nSPS) is 12.8. The van der Waals surface area contributed by atoms with Gasteiger partial charge in [-0.2, -0.15) is 0 Å².